The number of halogens is 1. The van der Waals surface area contributed by atoms with Crippen molar-refractivity contribution in [2.24, 2.45) is 5.92 Å². The standard InChI is InChI=1S/C12H17BrN2O/c1-9-5-12(15-7-11(9)13)16-8-10-3-2-4-14-6-10/h5,7,10,14H,2-4,6,8H2,1H3. The molecular weight excluding hydrogens is 268 g/mol. The number of hydrogen-bond acceptors (Lipinski definition) is 3. The molecule has 4 heteroatoms. The second kappa shape index (κ2) is 5.64. The Labute approximate surface area is 105 Å². The highest BCUT2D eigenvalue weighted by atomic mass is 79.9. The molecule has 0 amide bonds. The van der Waals surface area contributed by atoms with Gasteiger partial charge in [-0.1, -0.05) is 0 Å². The second-order valence-electron chi connectivity index (χ2n) is 4.30. The molecule has 88 valence electrons. The summed E-state index contributed by atoms with van der Waals surface area (Å²) in [6.07, 6.45) is 4.30. The first-order chi connectivity index (χ1) is 7.75. The summed E-state index contributed by atoms with van der Waals surface area (Å²) in [6, 6.07) is 1.97. The maximum Gasteiger partial charge on any atom is 0.213 e. The van der Waals surface area contributed by atoms with E-state index in [-0.39, 0.29) is 0 Å². The van der Waals surface area contributed by atoms with Gasteiger partial charge in [0.15, 0.2) is 0 Å². The highest BCUT2D eigenvalue weighted by molar-refractivity contribution is 9.10. The van der Waals surface area contributed by atoms with Crippen molar-refractivity contribution in [2.75, 3.05) is 19.7 Å². The van der Waals surface area contributed by atoms with Crippen LogP contribution >= 0.6 is 15.9 Å². The van der Waals surface area contributed by atoms with Crippen molar-refractivity contribution in [1.29, 1.82) is 0 Å². The molecule has 2 rings (SSSR count). The fraction of sp³-hybridized carbons (Fsp3) is 0.583. The highest BCUT2D eigenvalue weighted by Crippen LogP contribution is 2.19. The van der Waals surface area contributed by atoms with Crippen LogP contribution < -0.4 is 10.1 Å². The molecule has 3 nitrogen and oxygen atoms in total. The predicted molar refractivity (Wildman–Crippen MR) is 67.8 cm³/mol. The van der Waals surface area contributed by atoms with Crippen LogP contribution in [-0.2, 0) is 0 Å². The summed E-state index contributed by atoms with van der Waals surface area (Å²) in [7, 11) is 0. The average molecular weight is 285 g/mol. The molecule has 16 heavy (non-hydrogen) atoms. The Balaban J connectivity index is 1.86. The first-order valence-electron chi connectivity index (χ1n) is 5.71. The molecule has 1 fully saturated rings. The van der Waals surface area contributed by atoms with Gasteiger partial charge in [-0.3, -0.25) is 0 Å². The van der Waals surface area contributed by atoms with Crippen molar-refractivity contribution in [3.05, 3.63) is 22.3 Å². The van der Waals surface area contributed by atoms with Gasteiger partial charge in [0.25, 0.3) is 0 Å². The van der Waals surface area contributed by atoms with Crippen LogP contribution in [0.1, 0.15) is 18.4 Å². The van der Waals surface area contributed by atoms with Crippen LogP contribution in [0.25, 0.3) is 0 Å². The molecule has 0 saturated carbocycles. The maximum atomic E-state index is 5.71. The third-order valence-corrected chi connectivity index (χ3v) is 3.72. The van der Waals surface area contributed by atoms with Gasteiger partial charge < -0.3 is 10.1 Å². The second-order valence-corrected chi connectivity index (χ2v) is 5.15. The summed E-state index contributed by atoms with van der Waals surface area (Å²) in [5, 5.41) is 3.38. The summed E-state index contributed by atoms with van der Waals surface area (Å²) >= 11 is 3.43. The van der Waals surface area contributed by atoms with Gasteiger partial charge in [-0.15, -0.1) is 0 Å². The Bertz CT molecular complexity index is 351. The lowest BCUT2D eigenvalue weighted by atomic mass is 10.0. The van der Waals surface area contributed by atoms with Crippen LogP contribution in [0.3, 0.4) is 0 Å². The molecule has 1 unspecified atom stereocenters. The van der Waals surface area contributed by atoms with E-state index < -0.39 is 0 Å². The fourth-order valence-corrected chi connectivity index (χ4v) is 2.08. The van der Waals surface area contributed by atoms with Gasteiger partial charge in [-0.25, -0.2) is 4.98 Å². The summed E-state index contributed by atoms with van der Waals surface area (Å²) in [5.41, 5.74) is 1.16. The number of ether oxygens (including phenoxy) is 1. The van der Waals surface area contributed by atoms with Gasteiger partial charge in [0.1, 0.15) is 0 Å². The van der Waals surface area contributed by atoms with Gasteiger partial charge in [-0.2, -0.15) is 0 Å². The molecule has 1 atom stereocenters. The smallest absolute Gasteiger partial charge is 0.213 e. The zero-order valence-electron chi connectivity index (χ0n) is 9.50. The number of nitrogens with zero attached hydrogens (tertiary/aromatic N) is 1. The molecule has 2 heterocycles. The topological polar surface area (TPSA) is 34.1 Å². The molecular formula is C12H17BrN2O. The van der Waals surface area contributed by atoms with E-state index in [2.05, 4.69) is 26.2 Å². The van der Waals surface area contributed by atoms with Crippen molar-refractivity contribution in [3.63, 3.8) is 0 Å². The van der Waals surface area contributed by atoms with Gasteiger partial charge in [-0.05, 0) is 47.8 Å². The summed E-state index contributed by atoms with van der Waals surface area (Å²) in [4.78, 5) is 4.23. The summed E-state index contributed by atoms with van der Waals surface area (Å²) < 4.78 is 6.74. The van der Waals surface area contributed by atoms with Gasteiger partial charge in [0.05, 0.1) is 6.61 Å². The molecule has 0 bridgehead atoms. The van der Waals surface area contributed by atoms with Crippen molar-refractivity contribution in [2.45, 2.75) is 19.8 Å². The number of piperidine rings is 1. The van der Waals surface area contributed by atoms with Crippen LogP contribution in [0.2, 0.25) is 0 Å². The molecule has 0 radical (unpaired) electrons. The van der Waals surface area contributed by atoms with E-state index in [1.54, 1.807) is 6.20 Å². The van der Waals surface area contributed by atoms with Crippen LogP contribution in [0, 0.1) is 12.8 Å². The largest absolute Gasteiger partial charge is 0.477 e. The van der Waals surface area contributed by atoms with E-state index in [4.69, 9.17) is 4.74 Å². The normalized spacial score (nSPS) is 20.8. The molecule has 1 saturated heterocycles. The lowest BCUT2D eigenvalue weighted by molar-refractivity contribution is 0.212. The maximum absolute atomic E-state index is 5.71. The van der Waals surface area contributed by atoms with Crippen molar-refractivity contribution < 1.29 is 4.74 Å². The van der Waals surface area contributed by atoms with Crippen molar-refractivity contribution >= 4 is 15.9 Å². The molecule has 1 aliphatic heterocycles. The van der Waals surface area contributed by atoms with E-state index in [9.17, 15) is 0 Å². The van der Waals surface area contributed by atoms with Gasteiger partial charge >= 0.3 is 0 Å². The third-order valence-electron chi connectivity index (χ3n) is 2.89. The Morgan fingerprint density at radius 3 is 3.19 bits per heavy atom. The predicted octanol–water partition coefficient (Wildman–Crippen LogP) is 2.53. The fourth-order valence-electron chi connectivity index (χ4n) is 1.86. The molecule has 0 aliphatic carbocycles. The van der Waals surface area contributed by atoms with Crippen LogP contribution in [-0.4, -0.2) is 24.7 Å². The van der Waals surface area contributed by atoms with Crippen LogP contribution in [0.5, 0.6) is 5.88 Å². The minimum absolute atomic E-state index is 0.625. The van der Waals surface area contributed by atoms with Crippen LogP contribution in [0.4, 0.5) is 0 Å². The van der Waals surface area contributed by atoms with E-state index in [0.29, 0.717) is 5.92 Å². The average Bonchev–Trinajstić information content (AvgIpc) is 2.32. The molecule has 0 aromatic carbocycles. The summed E-state index contributed by atoms with van der Waals surface area (Å²) in [5.74, 6) is 1.35. The van der Waals surface area contributed by atoms with E-state index >= 15 is 0 Å². The van der Waals surface area contributed by atoms with E-state index in [1.807, 2.05) is 13.0 Å². The van der Waals surface area contributed by atoms with Gasteiger partial charge in [0.2, 0.25) is 5.88 Å². The Hall–Kier alpha value is -0.610. The number of nitrogens with one attached hydrogen (secondary N) is 1. The summed E-state index contributed by atoms with van der Waals surface area (Å²) in [6.45, 7) is 5.02. The SMILES string of the molecule is Cc1cc(OCC2CCCNC2)ncc1Br. The van der Waals surface area contributed by atoms with E-state index in [1.165, 1.54) is 12.8 Å². The highest BCUT2D eigenvalue weighted by Gasteiger charge is 2.13. The van der Waals surface area contributed by atoms with Gasteiger partial charge in [0, 0.05) is 29.2 Å². The zero-order chi connectivity index (χ0) is 11.4. The Morgan fingerprint density at radius 2 is 2.50 bits per heavy atom. The monoisotopic (exact) mass is 284 g/mol. The first-order valence-corrected chi connectivity index (χ1v) is 6.50. The van der Waals surface area contributed by atoms with Crippen molar-refractivity contribution in [3.8, 4) is 5.88 Å². The molecule has 1 aromatic rings. The van der Waals surface area contributed by atoms with E-state index in [0.717, 1.165) is 35.6 Å². The number of rotatable bonds is 3. The van der Waals surface area contributed by atoms with Crippen molar-refractivity contribution in [1.82, 2.24) is 10.3 Å². The third kappa shape index (κ3) is 3.19. The molecule has 1 N–H and O–H groups in total. The molecule has 1 aliphatic rings. The first kappa shape index (κ1) is 11.9. The lowest BCUT2D eigenvalue weighted by Gasteiger charge is -2.22. The zero-order valence-corrected chi connectivity index (χ0v) is 11.1. The number of hydrogen-bond donors (Lipinski definition) is 1. The van der Waals surface area contributed by atoms with Crippen LogP contribution in [0.15, 0.2) is 16.7 Å². The number of aryl methyl sites for hydroxylation is 1. The lowest BCUT2D eigenvalue weighted by Crippen LogP contribution is -2.33. The minimum atomic E-state index is 0.625. The minimum Gasteiger partial charge on any atom is -0.477 e. The molecule has 1 aromatic heterocycles. The number of pyridine rings is 1. The Morgan fingerprint density at radius 1 is 1.62 bits per heavy atom. The number of aromatic nitrogens is 1. The quantitative estimate of drug-likeness (QED) is 0.926. The molecule has 0 spiro atoms. The Kier molecular flexibility index (Phi) is 4.18.